The molecule has 0 amide bonds. The average Bonchev–Trinajstić information content (AvgIpc) is 2.54. The van der Waals surface area contributed by atoms with Crippen LogP contribution in [0, 0.1) is 0 Å². The summed E-state index contributed by atoms with van der Waals surface area (Å²) in [6.45, 7) is 0.780. The lowest BCUT2D eigenvalue weighted by Crippen LogP contribution is -1.89. The molecule has 0 saturated heterocycles. The topological polar surface area (TPSA) is 9.23 Å². The van der Waals surface area contributed by atoms with Gasteiger partial charge in [-0.05, 0) is 6.07 Å². The fourth-order valence-electron chi connectivity index (χ4n) is 1.43. The third-order valence-electron chi connectivity index (χ3n) is 2.03. The van der Waals surface area contributed by atoms with Crippen LogP contribution in [0.25, 0.3) is 0 Å². The van der Waals surface area contributed by atoms with E-state index in [1.54, 1.807) is 0 Å². The first-order chi connectivity index (χ1) is 5.83. The van der Waals surface area contributed by atoms with Crippen molar-refractivity contribution in [3.05, 3.63) is 27.7 Å². The van der Waals surface area contributed by atoms with Crippen molar-refractivity contribution in [2.75, 3.05) is 6.61 Å². The molecule has 0 spiro atoms. The highest BCUT2D eigenvalue weighted by Gasteiger charge is 2.18. The number of fused-ring (bicyclic) bond motifs is 1. The Morgan fingerprint density at radius 2 is 2.33 bits per heavy atom. The molecule has 1 heterocycles. The van der Waals surface area contributed by atoms with E-state index in [-0.39, 0.29) is 0 Å². The standard InChI is InChI=1S/C9H8BrClO/c10-8-2-1-6(5-11)9-7(8)3-4-12-9/h1-2H,3-5H2. The summed E-state index contributed by atoms with van der Waals surface area (Å²) in [6.07, 6.45) is 0.987. The number of rotatable bonds is 1. The fraction of sp³-hybridized carbons (Fsp3) is 0.333. The Kier molecular flexibility index (Phi) is 2.28. The van der Waals surface area contributed by atoms with Crippen molar-refractivity contribution in [3.63, 3.8) is 0 Å². The Balaban J connectivity index is 2.57. The van der Waals surface area contributed by atoms with Gasteiger partial charge in [0.15, 0.2) is 0 Å². The predicted molar refractivity (Wildman–Crippen MR) is 52.9 cm³/mol. The van der Waals surface area contributed by atoms with Crippen LogP contribution < -0.4 is 4.74 Å². The molecule has 0 N–H and O–H groups in total. The summed E-state index contributed by atoms with van der Waals surface area (Å²) in [5.74, 6) is 1.51. The molecule has 0 unspecified atom stereocenters. The molecule has 1 aliphatic heterocycles. The summed E-state index contributed by atoms with van der Waals surface area (Å²) in [5, 5.41) is 0. The zero-order valence-electron chi connectivity index (χ0n) is 6.44. The molecule has 0 bridgehead atoms. The molecule has 1 aliphatic rings. The van der Waals surface area contributed by atoms with E-state index in [1.165, 1.54) is 5.56 Å². The van der Waals surface area contributed by atoms with E-state index >= 15 is 0 Å². The summed E-state index contributed by atoms with van der Waals surface area (Å²) in [6, 6.07) is 4.03. The summed E-state index contributed by atoms with van der Waals surface area (Å²) >= 11 is 9.26. The first kappa shape index (κ1) is 8.39. The van der Waals surface area contributed by atoms with E-state index in [0.717, 1.165) is 28.8 Å². The monoisotopic (exact) mass is 246 g/mol. The summed E-state index contributed by atoms with van der Waals surface area (Å²) < 4.78 is 6.62. The van der Waals surface area contributed by atoms with Gasteiger partial charge in [0.1, 0.15) is 5.75 Å². The maximum atomic E-state index is 5.77. The van der Waals surface area contributed by atoms with Crippen LogP contribution in [0.5, 0.6) is 5.75 Å². The van der Waals surface area contributed by atoms with Crippen LogP contribution in [-0.2, 0) is 12.3 Å². The van der Waals surface area contributed by atoms with Crippen LogP contribution in [0.15, 0.2) is 16.6 Å². The quantitative estimate of drug-likeness (QED) is 0.693. The fourth-order valence-corrected chi connectivity index (χ4v) is 2.15. The van der Waals surface area contributed by atoms with Gasteiger partial charge in [0.25, 0.3) is 0 Å². The number of hydrogen-bond acceptors (Lipinski definition) is 1. The number of ether oxygens (including phenoxy) is 1. The van der Waals surface area contributed by atoms with Crippen molar-refractivity contribution in [3.8, 4) is 5.75 Å². The smallest absolute Gasteiger partial charge is 0.128 e. The molecule has 1 aromatic carbocycles. The maximum Gasteiger partial charge on any atom is 0.128 e. The second kappa shape index (κ2) is 3.27. The highest BCUT2D eigenvalue weighted by atomic mass is 79.9. The van der Waals surface area contributed by atoms with Gasteiger partial charge in [-0.1, -0.05) is 22.0 Å². The second-order valence-corrected chi connectivity index (χ2v) is 3.87. The Hall–Kier alpha value is -0.210. The van der Waals surface area contributed by atoms with Gasteiger partial charge < -0.3 is 4.74 Å². The normalized spacial score (nSPS) is 14.2. The molecule has 1 nitrogen and oxygen atoms in total. The average molecular weight is 248 g/mol. The summed E-state index contributed by atoms with van der Waals surface area (Å²) in [5.41, 5.74) is 2.35. The Labute approximate surface area is 84.8 Å². The number of halogens is 2. The highest BCUT2D eigenvalue weighted by Crippen LogP contribution is 2.35. The molecular weight excluding hydrogens is 239 g/mol. The van der Waals surface area contributed by atoms with Gasteiger partial charge in [-0.15, -0.1) is 11.6 Å². The van der Waals surface area contributed by atoms with Gasteiger partial charge in [-0.25, -0.2) is 0 Å². The minimum atomic E-state index is 0.523. The minimum absolute atomic E-state index is 0.523. The predicted octanol–water partition coefficient (Wildman–Crippen LogP) is 3.12. The number of benzene rings is 1. The van der Waals surface area contributed by atoms with Crippen LogP contribution in [-0.4, -0.2) is 6.61 Å². The van der Waals surface area contributed by atoms with Crippen LogP contribution in [0.1, 0.15) is 11.1 Å². The summed E-state index contributed by atoms with van der Waals surface area (Å²) in [7, 11) is 0. The molecule has 1 aromatic rings. The van der Waals surface area contributed by atoms with Gasteiger partial charge in [0.05, 0.1) is 12.5 Å². The van der Waals surface area contributed by atoms with Crippen molar-refractivity contribution in [1.82, 2.24) is 0 Å². The van der Waals surface area contributed by atoms with Crippen molar-refractivity contribution in [2.24, 2.45) is 0 Å². The molecular formula is C9H8BrClO. The molecule has 0 aliphatic carbocycles. The van der Waals surface area contributed by atoms with E-state index in [2.05, 4.69) is 15.9 Å². The third-order valence-corrected chi connectivity index (χ3v) is 3.06. The molecule has 12 heavy (non-hydrogen) atoms. The van der Waals surface area contributed by atoms with E-state index in [1.807, 2.05) is 12.1 Å². The van der Waals surface area contributed by atoms with Gasteiger partial charge in [-0.2, -0.15) is 0 Å². The lowest BCUT2D eigenvalue weighted by molar-refractivity contribution is 0.354. The first-order valence-electron chi connectivity index (χ1n) is 3.82. The molecule has 0 radical (unpaired) electrons. The summed E-state index contributed by atoms with van der Waals surface area (Å²) in [4.78, 5) is 0. The van der Waals surface area contributed by atoms with Gasteiger partial charge in [-0.3, -0.25) is 0 Å². The molecule has 2 rings (SSSR count). The SMILES string of the molecule is ClCc1ccc(Br)c2c1OCC2. The van der Waals surface area contributed by atoms with Crippen LogP contribution >= 0.6 is 27.5 Å². The highest BCUT2D eigenvalue weighted by molar-refractivity contribution is 9.10. The molecule has 64 valence electrons. The van der Waals surface area contributed by atoms with Crippen LogP contribution in [0.2, 0.25) is 0 Å². The first-order valence-corrected chi connectivity index (χ1v) is 5.14. The van der Waals surface area contributed by atoms with Crippen molar-refractivity contribution in [2.45, 2.75) is 12.3 Å². The van der Waals surface area contributed by atoms with Crippen molar-refractivity contribution in [1.29, 1.82) is 0 Å². The van der Waals surface area contributed by atoms with Gasteiger partial charge >= 0.3 is 0 Å². The zero-order valence-corrected chi connectivity index (χ0v) is 8.78. The van der Waals surface area contributed by atoms with E-state index in [9.17, 15) is 0 Å². The Bertz CT molecular complexity index is 312. The molecule has 0 fully saturated rings. The van der Waals surface area contributed by atoms with Crippen LogP contribution in [0.4, 0.5) is 0 Å². The number of alkyl halides is 1. The molecule has 0 aromatic heterocycles. The van der Waals surface area contributed by atoms with Gasteiger partial charge in [0, 0.05) is 22.0 Å². The minimum Gasteiger partial charge on any atom is -0.493 e. The Morgan fingerprint density at radius 3 is 3.08 bits per heavy atom. The Morgan fingerprint density at radius 1 is 1.50 bits per heavy atom. The van der Waals surface area contributed by atoms with Crippen molar-refractivity contribution < 1.29 is 4.74 Å². The molecule has 0 atom stereocenters. The van der Waals surface area contributed by atoms with E-state index in [0.29, 0.717) is 5.88 Å². The maximum absolute atomic E-state index is 5.77. The second-order valence-electron chi connectivity index (χ2n) is 2.75. The molecule has 0 saturated carbocycles. The van der Waals surface area contributed by atoms with Gasteiger partial charge in [0.2, 0.25) is 0 Å². The largest absolute Gasteiger partial charge is 0.493 e. The lowest BCUT2D eigenvalue weighted by Gasteiger charge is -2.05. The van der Waals surface area contributed by atoms with Crippen molar-refractivity contribution >= 4 is 27.5 Å². The van der Waals surface area contributed by atoms with E-state index < -0.39 is 0 Å². The lowest BCUT2D eigenvalue weighted by atomic mass is 10.1. The zero-order chi connectivity index (χ0) is 8.55. The molecule has 3 heteroatoms. The van der Waals surface area contributed by atoms with E-state index in [4.69, 9.17) is 16.3 Å². The third kappa shape index (κ3) is 1.23. The van der Waals surface area contributed by atoms with Crippen LogP contribution in [0.3, 0.4) is 0 Å². The number of hydrogen-bond donors (Lipinski definition) is 0.